The molecule has 0 aromatic heterocycles. The van der Waals surface area contributed by atoms with Crippen molar-refractivity contribution in [1.82, 2.24) is 4.90 Å². The lowest BCUT2D eigenvalue weighted by atomic mass is 9.84. The first-order valence-corrected chi connectivity index (χ1v) is 10.8. The molecular formula is C22H37N3O4. The average molecular weight is 408 g/mol. The molecule has 29 heavy (non-hydrogen) atoms. The average Bonchev–Trinajstić information content (AvgIpc) is 3.45. The lowest BCUT2D eigenvalue weighted by Gasteiger charge is -2.36. The molecule has 3 fully saturated rings. The van der Waals surface area contributed by atoms with Gasteiger partial charge in [0, 0.05) is 18.9 Å². The monoisotopic (exact) mass is 407 g/mol. The summed E-state index contributed by atoms with van der Waals surface area (Å²) in [7, 11) is 0. The van der Waals surface area contributed by atoms with Gasteiger partial charge in [-0.1, -0.05) is 47.5 Å². The molecule has 1 heterocycles. The van der Waals surface area contributed by atoms with Crippen LogP contribution < -0.4 is 11.5 Å². The third kappa shape index (κ3) is 4.22. The van der Waals surface area contributed by atoms with Gasteiger partial charge in [-0.2, -0.15) is 0 Å². The number of amides is 2. The van der Waals surface area contributed by atoms with Gasteiger partial charge < -0.3 is 21.5 Å². The summed E-state index contributed by atoms with van der Waals surface area (Å²) < 4.78 is 0. The minimum Gasteiger partial charge on any atom is -0.383 e. The lowest BCUT2D eigenvalue weighted by Crippen LogP contribution is -2.55. The van der Waals surface area contributed by atoms with E-state index in [2.05, 4.69) is 13.8 Å². The van der Waals surface area contributed by atoms with E-state index in [1.165, 1.54) is 0 Å². The summed E-state index contributed by atoms with van der Waals surface area (Å²) in [6.45, 7) is 10.6. The summed E-state index contributed by atoms with van der Waals surface area (Å²) in [4.78, 5) is 39.8. The molecule has 0 aromatic carbocycles. The van der Waals surface area contributed by atoms with Crippen LogP contribution in [-0.2, 0) is 14.4 Å². The molecule has 164 valence electrons. The van der Waals surface area contributed by atoms with Crippen molar-refractivity contribution < 1.29 is 19.5 Å². The van der Waals surface area contributed by atoms with E-state index in [-0.39, 0.29) is 35.4 Å². The first-order chi connectivity index (χ1) is 13.3. The maximum Gasteiger partial charge on any atom is 0.246 e. The fourth-order valence-corrected chi connectivity index (χ4v) is 5.15. The van der Waals surface area contributed by atoms with Crippen molar-refractivity contribution in [1.29, 1.82) is 0 Å². The molecule has 3 rings (SSSR count). The molecule has 1 saturated heterocycles. The van der Waals surface area contributed by atoms with Crippen LogP contribution in [0.4, 0.5) is 0 Å². The Balaban J connectivity index is 1.79. The number of hydrogen-bond donors (Lipinski definition) is 3. The maximum atomic E-state index is 13.4. The highest BCUT2D eigenvalue weighted by atomic mass is 16.3. The van der Waals surface area contributed by atoms with Crippen molar-refractivity contribution in [2.45, 2.75) is 78.5 Å². The van der Waals surface area contributed by atoms with Crippen molar-refractivity contribution in [2.24, 2.45) is 46.0 Å². The molecule has 5 N–H and O–H groups in total. The van der Waals surface area contributed by atoms with Crippen LogP contribution in [0.25, 0.3) is 0 Å². The Bertz CT molecular complexity index is 695. The number of carbonyl (C=O) groups excluding carboxylic acids is 3. The molecule has 2 aliphatic carbocycles. The third-order valence-corrected chi connectivity index (χ3v) is 7.55. The molecule has 7 heteroatoms. The number of Topliss-reactive ketones (excluding diaryl/α,β-unsaturated/α-hetero) is 1. The number of hydrogen-bond acceptors (Lipinski definition) is 5. The number of likely N-dealkylation sites (tertiary alicyclic amines) is 1. The van der Waals surface area contributed by atoms with Crippen LogP contribution in [0.15, 0.2) is 0 Å². The van der Waals surface area contributed by atoms with E-state index in [9.17, 15) is 19.5 Å². The number of piperidine rings is 1. The topological polar surface area (TPSA) is 127 Å². The van der Waals surface area contributed by atoms with Gasteiger partial charge in [-0.15, -0.1) is 0 Å². The first kappa shape index (κ1) is 22.2. The van der Waals surface area contributed by atoms with Crippen molar-refractivity contribution in [3.8, 4) is 0 Å². The Kier molecular flexibility index (Phi) is 5.63. The zero-order chi connectivity index (χ0) is 21.9. The second-order valence-corrected chi connectivity index (χ2v) is 11.2. The van der Waals surface area contributed by atoms with Crippen LogP contribution in [0, 0.1) is 34.5 Å². The van der Waals surface area contributed by atoms with E-state index in [1.54, 1.807) is 4.90 Å². The number of aliphatic hydroxyl groups is 1. The maximum absolute atomic E-state index is 13.4. The first-order valence-electron chi connectivity index (χ1n) is 10.8. The number of carbonyl (C=O) groups is 3. The molecule has 0 spiro atoms. The fraction of sp³-hybridized carbons (Fsp3) is 0.864. The minimum atomic E-state index is -1.33. The molecule has 6 atom stereocenters. The number of primary amides is 1. The summed E-state index contributed by atoms with van der Waals surface area (Å²) in [6.07, 6.45) is 1.48. The smallest absolute Gasteiger partial charge is 0.246 e. The van der Waals surface area contributed by atoms with Crippen LogP contribution in [0.2, 0.25) is 0 Å². The minimum absolute atomic E-state index is 0.0111. The predicted octanol–water partition coefficient (Wildman–Crippen LogP) is 1.06. The van der Waals surface area contributed by atoms with Gasteiger partial charge in [-0.3, -0.25) is 14.4 Å². The van der Waals surface area contributed by atoms with Gasteiger partial charge in [-0.05, 0) is 35.0 Å². The SMILES string of the molecule is CC(C)(C)[C@H](N)C(=O)N1CC2[C@@H]([C@H]1C(=O)CC(CC1CC1)C(O)C(N)=O)C2(C)C. The number of nitrogens with two attached hydrogens (primary N) is 2. The van der Waals surface area contributed by atoms with E-state index in [4.69, 9.17) is 11.5 Å². The number of nitrogens with zero attached hydrogens (tertiary/aromatic N) is 1. The summed E-state index contributed by atoms with van der Waals surface area (Å²) in [5, 5.41) is 10.3. The molecule has 2 amide bonds. The van der Waals surface area contributed by atoms with Crippen molar-refractivity contribution in [2.75, 3.05) is 6.54 Å². The highest BCUT2D eigenvalue weighted by molar-refractivity contribution is 5.93. The summed E-state index contributed by atoms with van der Waals surface area (Å²) in [6, 6.07) is -1.21. The van der Waals surface area contributed by atoms with Crippen molar-refractivity contribution >= 4 is 17.6 Å². The normalized spacial score (nSPS) is 31.0. The zero-order valence-electron chi connectivity index (χ0n) is 18.4. The van der Waals surface area contributed by atoms with Gasteiger partial charge in [0.15, 0.2) is 5.78 Å². The second-order valence-electron chi connectivity index (χ2n) is 11.2. The standard InChI is InChI=1S/C22H37N3O4/c1-21(2,3)18(23)20(29)25-10-13-15(22(13,4)5)16(25)14(26)9-12(8-11-6-7-11)17(27)19(24)28/h11-13,15-18,27H,6-10,23H2,1-5H3,(H2,24,28)/t12?,13?,15-,16+,17?,18+/m0/s1. The van der Waals surface area contributed by atoms with Crippen LogP contribution in [0.5, 0.6) is 0 Å². The van der Waals surface area contributed by atoms with E-state index in [0.717, 1.165) is 12.8 Å². The summed E-state index contributed by atoms with van der Waals surface area (Å²) in [5.41, 5.74) is 11.2. The number of ketones is 1. The fourth-order valence-electron chi connectivity index (χ4n) is 5.15. The molecule has 0 radical (unpaired) electrons. The number of aliphatic hydroxyl groups excluding tert-OH is 1. The zero-order valence-corrected chi connectivity index (χ0v) is 18.4. The number of rotatable bonds is 8. The second kappa shape index (κ2) is 7.34. The summed E-state index contributed by atoms with van der Waals surface area (Å²) in [5.74, 6) is -0.697. The Morgan fingerprint density at radius 2 is 1.79 bits per heavy atom. The van der Waals surface area contributed by atoms with Gasteiger partial charge in [0.2, 0.25) is 11.8 Å². The Morgan fingerprint density at radius 3 is 2.28 bits per heavy atom. The van der Waals surface area contributed by atoms with Crippen molar-refractivity contribution in [3.05, 3.63) is 0 Å². The Labute approximate surface area is 173 Å². The Morgan fingerprint density at radius 1 is 1.21 bits per heavy atom. The van der Waals surface area contributed by atoms with E-state index in [1.807, 2.05) is 20.8 Å². The molecule has 3 aliphatic rings. The molecule has 1 aliphatic heterocycles. The molecule has 2 saturated carbocycles. The summed E-state index contributed by atoms with van der Waals surface area (Å²) >= 11 is 0. The van der Waals surface area contributed by atoms with Crippen molar-refractivity contribution in [3.63, 3.8) is 0 Å². The van der Waals surface area contributed by atoms with E-state index < -0.39 is 35.4 Å². The van der Waals surface area contributed by atoms with E-state index >= 15 is 0 Å². The highest BCUT2D eigenvalue weighted by Gasteiger charge is 2.69. The number of fused-ring (bicyclic) bond motifs is 1. The molecule has 0 aromatic rings. The van der Waals surface area contributed by atoms with Gasteiger partial charge in [0.25, 0.3) is 0 Å². The largest absolute Gasteiger partial charge is 0.383 e. The van der Waals surface area contributed by atoms with Gasteiger partial charge >= 0.3 is 0 Å². The molecular weight excluding hydrogens is 370 g/mol. The van der Waals surface area contributed by atoms with Crippen LogP contribution in [-0.4, -0.2) is 52.3 Å². The van der Waals surface area contributed by atoms with Crippen LogP contribution >= 0.6 is 0 Å². The molecule has 3 unspecified atom stereocenters. The van der Waals surface area contributed by atoms with Gasteiger partial charge in [-0.25, -0.2) is 0 Å². The van der Waals surface area contributed by atoms with E-state index in [0.29, 0.717) is 18.9 Å². The van der Waals surface area contributed by atoms with Gasteiger partial charge in [0.1, 0.15) is 6.10 Å². The van der Waals surface area contributed by atoms with Gasteiger partial charge in [0.05, 0.1) is 12.1 Å². The Hall–Kier alpha value is -1.47. The molecule has 7 nitrogen and oxygen atoms in total. The van der Waals surface area contributed by atoms with Crippen LogP contribution in [0.1, 0.15) is 60.3 Å². The lowest BCUT2D eigenvalue weighted by molar-refractivity contribution is -0.143. The highest BCUT2D eigenvalue weighted by Crippen LogP contribution is 2.65. The van der Waals surface area contributed by atoms with Crippen LogP contribution in [0.3, 0.4) is 0 Å². The predicted molar refractivity (Wildman–Crippen MR) is 109 cm³/mol. The molecule has 0 bridgehead atoms. The quantitative estimate of drug-likeness (QED) is 0.554. The third-order valence-electron chi connectivity index (χ3n) is 7.55.